The second kappa shape index (κ2) is 11.5. The van der Waals surface area contributed by atoms with Gasteiger partial charge in [-0.3, -0.25) is 24.0 Å². The van der Waals surface area contributed by atoms with Gasteiger partial charge in [0, 0.05) is 37.2 Å². The number of Topliss-reactive ketones (excluding diaryl/α,β-unsaturated/α-hetero) is 2. The molecule has 0 amide bonds. The first-order valence-corrected chi connectivity index (χ1v) is 14.6. The first kappa shape index (κ1) is 29.7. The molecule has 2 aliphatic carbocycles. The van der Waals surface area contributed by atoms with Crippen molar-refractivity contribution in [1.82, 2.24) is 0 Å². The first-order chi connectivity index (χ1) is 19.9. The highest BCUT2D eigenvalue weighted by molar-refractivity contribution is 5.95. The third kappa shape index (κ3) is 5.41. The van der Waals surface area contributed by atoms with Crippen molar-refractivity contribution in [1.29, 1.82) is 0 Å². The third-order valence-corrected chi connectivity index (χ3v) is 9.85. The summed E-state index contributed by atoms with van der Waals surface area (Å²) in [6.07, 6.45) is 2.57. The van der Waals surface area contributed by atoms with Crippen LogP contribution < -0.4 is 0 Å². The van der Waals surface area contributed by atoms with Crippen molar-refractivity contribution >= 4 is 29.5 Å². The predicted molar refractivity (Wildman–Crippen MR) is 148 cm³/mol. The van der Waals surface area contributed by atoms with Gasteiger partial charge < -0.3 is 18.6 Å². The highest BCUT2D eigenvalue weighted by atomic mass is 16.6. The largest absolute Gasteiger partial charge is 0.472 e. The maximum Gasteiger partial charge on any atom is 0.310 e. The van der Waals surface area contributed by atoms with Gasteiger partial charge in [0.15, 0.2) is 11.9 Å². The van der Waals surface area contributed by atoms with E-state index in [9.17, 15) is 24.0 Å². The highest BCUT2D eigenvalue weighted by Crippen LogP contribution is 2.65. The van der Waals surface area contributed by atoms with Crippen LogP contribution in [0.4, 0.5) is 0 Å². The fourth-order valence-electron chi connectivity index (χ4n) is 7.85. The fraction of sp³-hybridized carbons (Fsp3) is 0.545. The first-order valence-electron chi connectivity index (χ1n) is 14.6. The molecule has 1 aliphatic heterocycles. The third-order valence-electron chi connectivity index (χ3n) is 9.85. The summed E-state index contributed by atoms with van der Waals surface area (Å²) < 4.78 is 22.0. The number of benzene rings is 1. The van der Waals surface area contributed by atoms with Crippen LogP contribution in [0.1, 0.15) is 77.0 Å². The Labute approximate surface area is 245 Å². The summed E-state index contributed by atoms with van der Waals surface area (Å²) in [4.78, 5) is 66.3. The summed E-state index contributed by atoms with van der Waals surface area (Å²) in [5.74, 6) is -4.55. The number of carbonyl (C=O) groups is 5. The van der Waals surface area contributed by atoms with Gasteiger partial charge in [-0.1, -0.05) is 51.1 Å². The van der Waals surface area contributed by atoms with Crippen molar-refractivity contribution < 1.29 is 42.6 Å². The Morgan fingerprint density at radius 1 is 1.07 bits per heavy atom. The van der Waals surface area contributed by atoms with E-state index in [4.69, 9.17) is 18.6 Å². The molecular weight excluding hydrogens is 540 g/mol. The van der Waals surface area contributed by atoms with E-state index in [1.165, 1.54) is 19.5 Å². The molecular formula is C33H38O9. The van der Waals surface area contributed by atoms with E-state index >= 15 is 0 Å². The van der Waals surface area contributed by atoms with Crippen LogP contribution in [0.25, 0.3) is 0 Å². The van der Waals surface area contributed by atoms with Gasteiger partial charge in [0.2, 0.25) is 0 Å². The number of ether oxygens (including phenoxy) is 3. The summed E-state index contributed by atoms with van der Waals surface area (Å²) in [6, 6.07) is 11.0. The molecule has 2 aromatic rings. The quantitative estimate of drug-likeness (QED) is 0.308. The van der Waals surface area contributed by atoms with E-state index < -0.39 is 58.6 Å². The maximum absolute atomic E-state index is 14.1. The minimum atomic E-state index is -1.12. The van der Waals surface area contributed by atoms with Crippen molar-refractivity contribution in [3.05, 3.63) is 60.1 Å². The van der Waals surface area contributed by atoms with Crippen LogP contribution >= 0.6 is 0 Å². The minimum Gasteiger partial charge on any atom is -0.472 e. The van der Waals surface area contributed by atoms with Crippen LogP contribution in [0.3, 0.4) is 0 Å². The molecule has 3 fully saturated rings. The Balaban J connectivity index is 1.41. The smallest absolute Gasteiger partial charge is 0.310 e. The van der Waals surface area contributed by atoms with Gasteiger partial charge in [-0.05, 0) is 41.7 Å². The zero-order valence-corrected chi connectivity index (χ0v) is 24.5. The molecule has 0 radical (unpaired) electrons. The molecule has 0 N–H and O–H groups in total. The molecule has 1 aromatic carbocycles. The zero-order chi connectivity index (χ0) is 30.2. The Bertz CT molecular complexity index is 1350. The van der Waals surface area contributed by atoms with Crippen LogP contribution in [0.5, 0.6) is 0 Å². The number of ketones is 2. The summed E-state index contributed by atoms with van der Waals surface area (Å²) in [6.45, 7) is 6.87. The fourth-order valence-corrected chi connectivity index (χ4v) is 7.85. The molecule has 1 saturated heterocycles. The lowest BCUT2D eigenvalue weighted by molar-refractivity contribution is -0.207. The molecule has 42 heavy (non-hydrogen) atoms. The monoisotopic (exact) mass is 578 g/mol. The Morgan fingerprint density at radius 3 is 2.48 bits per heavy atom. The second-order valence-corrected chi connectivity index (χ2v) is 12.7. The van der Waals surface area contributed by atoms with Crippen LogP contribution in [0.2, 0.25) is 0 Å². The van der Waals surface area contributed by atoms with Crippen molar-refractivity contribution in [3.63, 3.8) is 0 Å². The van der Waals surface area contributed by atoms with E-state index in [0.717, 1.165) is 5.56 Å². The molecule has 1 aromatic heterocycles. The van der Waals surface area contributed by atoms with Gasteiger partial charge in [-0.2, -0.15) is 0 Å². The van der Waals surface area contributed by atoms with Gasteiger partial charge >= 0.3 is 17.9 Å². The van der Waals surface area contributed by atoms with Gasteiger partial charge in [0.05, 0.1) is 24.4 Å². The van der Waals surface area contributed by atoms with Gasteiger partial charge in [0.25, 0.3) is 0 Å². The molecule has 224 valence electrons. The minimum absolute atomic E-state index is 0.0480. The normalized spacial score (nSPS) is 33.0. The number of cyclic esters (lactones) is 1. The average Bonchev–Trinajstić information content (AvgIpc) is 3.48. The number of hydrogen-bond acceptors (Lipinski definition) is 9. The zero-order valence-electron chi connectivity index (χ0n) is 24.5. The van der Waals surface area contributed by atoms with Crippen molar-refractivity contribution in [2.75, 3.05) is 0 Å². The number of carbonyl (C=O) groups excluding carboxylic acids is 5. The molecule has 5 rings (SSSR count). The van der Waals surface area contributed by atoms with Gasteiger partial charge in [0.1, 0.15) is 18.5 Å². The van der Waals surface area contributed by atoms with Gasteiger partial charge in [-0.15, -0.1) is 0 Å². The maximum atomic E-state index is 14.1. The summed E-state index contributed by atoms with van der Waals surface area (Å²) in [5.41, 5.74) is -0.105. The summed E-state index contributed by atoms with van der Waals surface area (Å²) >= 11 is 0. The number of rotatable bonds is 8. The molecule has 0 bridgehead atoms. The number of esters is 3. The molecule has 2 saturated carbocycles. The predicted octanol–water partition coefficient (Wildman–Crippen LogP) is 5.17. The number of furan rings is 1. The standard InChI is InChI=1S/C33H38O9/c1-19(30(37)40-17-21-8-6-5-7-9-21)14-25(35)24-15-26(41-20(2)34)28(36)29-32(24,3)12-10-23-31(38)42-27(16-33(23,29)4)22-11-13-39-18-22/h5-9,11,13,18-19,23-24,26-27,29H,10,12,14-17H2,1-4H3/t19-,23-,24-,26-,27+,29-,32-,33-/m0/s1. The lowest BCUT2D eigenvalue weighted by Crippen LogP contribution is -2.64. The molecule has 9 nitrogen and oxygen atoms in total. The van der Waals surface area contributed by atoms with E-state index in [0.29, 0.717) is 24.8 Å². The van der Waals surface area contributed by atoms with E-state index in [2.05, 4.69) is 0 Å². The average molecular weight is 579 g/mol. The Kier molecular flexibility index (Phi) is 8.14. The topological polar surface area (TPSA) is 126 Å². The van der Waals surface area contributed by atoms with E-state index in [1.54, 1.807) is 13.0 Å². The van der Waals surface area contributed by atoms with Crippen LogP contribution in [-0.2, 0) is 44.8 Å². The molecule has 2 heterocycles. The summed E-state index contributed by atoms with van der Waals surface area (Å²) in [7, 11) is 0. The Hall–Kier alpha value is -3.75. The van der Waals surface area contributed by atoms with Crippen molar-refractivity contribution in [3.8, 4) is 0 Å². The highest BCUT2D eigenvalue weighted by Gasteiger charge is 2.67. The SMILES string of the molecule is CC(=O)O[C@H]1C[C@@H](C(=O)C[C@H](C)C(=O)OCc2ccccc2)[C@]2(C)CC[C@H]3C(=O)O[C@@H](c4ccoc4)C[C@]3(C)[C@H]2C1=O. The van der Waals surface area contributed by atoms with Crippen molar-refractivity contribution in [2.24, 2.45) is 34.5 Å². The summed E-state index contributed by atoms with van der Waals surface area (Å²) in [5, 5.41) is 0. The molecule has 0 spiro atoms. The molecule has 8 atom stereocenters. The molecule has 9 heteroatoms. The van der Waals surface area contributed by atoms with E-state index in [-0.39, 0.29) is 37.0 Å². The van der Waals surface area contributed by atoms with Crippen LogP contribution in [0.15, 0.2) is 53.3 Å². The number of hydrogen-bond donors (Lipinski definition) is 0. The van der Waals surface area contributed by atoms with Crippen molar-refractivity contribution in [2.45, 2.75) is 78.6 Å². The number of fused-ring (bicyclic) bond motifs is 3. The second-order valence-electron chi connectivity index (χ2n) is 12.7. The van der Waals surface area contributed by atoms with E-state index in [1.807, 2.05) is 44.2 Å². The van der Waals surface area contributed by atoms with Crippen LogP contribution in [0, 0.1) is 34.5 Å². The lowest BCUT2D eigenvalue weighted by Gasteiger charge is -2.61. The van der Waals surface area contributed by atoms with Gasteiger partial charge in [-0.25, -0.2) is 0 Å². The van der Waals surface area contributed by atoms with Crippen LogP contribution in [-0.4, -0.2) is 35.6 Å². The Morgan fingerprint density at radius 2 is 1.81 bits per heavy atom. The lowest BCUT2D eigenvalue weighted by atomic mass is 9.42. The molecule has 0 unspecified atom stereocenters. The molecule has 3 aliphatic rings.